The Morgan fingerprint density at radius 2 is 2.00 bits per heavy atom. The molecule has 0 bridgehead atoms. The highest BCUT2D eigenvalue weighted by Crippen LogP contribution is 2.15. The van der Waals surface area contributed by atoms with E-state index < -0.39 is 6.29 Å². The van der Waals surface area contributed by atoms with Crippen LogP contribution in [0.25, 0.3) is 0 Å². The highest BCUT2D eigenvalue weighted by Gasteiger charge is 2.28. The molecular formula is C12H19N5O4. The molecule has 0 saturated carbocycles. The third-order valence-electron chi connectivity index (χ3n) is 2.92. The smallest absolute Gasteiger partial charge is 0.324 e. The van der Waals surface area contributed by atoms with Gasteiger partial charge in [0.1, 0.15) is 5.69 Å². The van der Waals surface area contributed by atoms with Crippen LogP contribution in [0.3, 0.4) is 0 Å². The second kappa shape index (κ2) is 7.14. The lowest BCUT2D eigenvalue weighted by Gasteiger charge is -2.13. The van der Waals surface area contributed by atoms with Gasteiger partial charge in [-0.05, 0) is 13.8 Å². The zero-order valence-electron chi connectivity index (χ0n) is 12.1. The maximum Gasteiger partial charge on any atom is 0.324 e. The number of imide groups is 1. The number of carbonyl (C=O) groups excluding carboxylic acids is 2. The van der Waals surface area contributed by atoms with Crippen molar-refractivity contribution in [2.45, 2.75) is 26.7 Å². The molecule has 116 valence electrons. The van der Waals surface area contributed by atoms with Gasteiger partial charge in [0.15, 0.2) is 0 Å². The Morgan fingerprint density at radius 1 is 1.29 bits per heavy atom. The summed E-state index contributed by atoms with van der Waals surface area (Å²) < 4.78 is 12.4. The Bertz CT molecular complexity index is 482. The van der Waals surface area contributed by atoms with E-state index in [1.807, 2.05) is 13.8 Å². The average Bonchev–Trinajstić information content (AvgIpc) is 3.05. The van der Waals surface area contributed by atoms with E-state index in [2.05, 4.69) is 15.6 Å². The van der Waals surface area contributed by atoms with Gasteiger partial charge in [0.2, 0.25) is 12.2 Å². The topological polar surface area (TPSA) is 98.6 Å². The van der Waals surface area contributed by atoms with Crippen LogP contribution in [0.5, 0.6) is 0 Å². The van der Waals surface area contributed by atoms with Gasteiger partial charge in [0.25, 0.3) is 0 Å². The van der Waals surface area contributed by atoms with Crippen molar-refractivity contribution in [2.24, 2.45) is 0 Å². The van der Waals surface area contributed by atoms with Crippen LogP contribution in [0.15, 0.2) is 6.20 Å². The predicted molar refractivity (Wildman–Crippen MR) is 71.1 cm³/mol. The van der Waals surface area contributed by atoms with E-state index in [1.54, 1.807) is 10.9 Å². The first-order chi connectivity index (χ1) is 10.2. The highest BCUT2D eigenvalue weighted by atomic mass is 16.7. The molecule has 0 atom stereocenters. The SMILES string of the molecule is CCOC(OCC)c1cn(CCN2C(=O)CNC2=O)nn1. The average molecular weight is 297 g/mol. The van der Waals surface area contributed by atoms with Crippen LogP contribution >= 0.6 is 0 Å². The number of nitrogens with zero attached hydrogens (tertiary/aromatic N) is 4. The van der Waals surface area contributed by atoms with Crippen molar-refractivity contribution in [3.05, 3.63) is 11.9 Å². The minimum Gasteiger partial charge on any atom is -0.347 e. The predicted octanol–water partition coefficient (Wildman–Crippen LogP) is -0.0985. The van der Waals surface area contributed by atoms with Gasteiger partial charge in [-0.1, -0.05) is 5.21 Å². The number of ether oxygens (including phenoxy) is 2. The summed E-state index contributed by atoms with van der Waals surface area (Å²) in [6.45, 7) is 5.42. The largest absolute Gasteiger partial charge is 0.347 e. The minimum absolute atomic E-state index is 0.0538. The van der Waals surface area contributed by atoms with Crippen molar-refractivity contribution in [3.63, 3.8) is 0 Å². The van der Waals surface area contributed by atoms with Gasteiger partial charge in [-0.25, -0.2) is 4.79 Å². The molecule has 0 aromatic carbocycles. The molecular weight excluding hydrogens is 278 g/mol. The van der Waals surface area contributed by atoms with Crippen LogP contribution < -0.4 is 5.32 Å². The van der Waals surface area contributed by atoms with Gasteiger partial charge >= 0.3 is 6.03 Å². The molecule has 9 nitrogen and oxygen atoms in total. The Balaban J connectivity index is 1.93. The third-order valence-corrected chi connectivity index (χ3v) is 2.92. The molecule has 21 heavy (non-hydrogen) atoms. The first-order valence-corrected chi connectivity index (χ1v) is 6.87. The van der Waals surface area contributed by atoms with E-state index in [4.69, 9.17) is 9.47 Å². The van der Waals surface area contributed by atoms with Crippen LogP contribution in [0.2, 0.25) is 0 Å². The van der Waals surface area contributed by atoms with E-state index in [0.717, 1.165) is 4.90 Å². The summed E-state index contributed by atoms with van der Waals surface area (Å²) >= 11 is 0. The Kier molecular flexibility index (Phi) is 5.23. The summed E-state index contributed by atoms with van der Waals surface area (Å²) in [7, 11) is 0. The highest BCUT2D eigenvalue weighted by molar-refractivity contribution is 6.01. The molecule has 1 aliphatic rings. The minimum atomic E-state index is -0.550. The maximum atomic E-state index is 11.4. The van der Waals surface area contributed by atoms with E-state index in [-0.39, 0.29) is 25.0 Å². The van der Waals surface area contributed by atoms with Crippen molar-refractivity contribution >= 4 is 11.9 Å². The second-order valence-electron chi connectivity index (χ2n) is 4.35. The third kappa shape index (κ3) is 3.76. The fourth-order valence-corrected chi connectivity index (χ4v) is 1.94. The van der Waals surface area contributed by atoms with E-state index in [1.165, 1.54) is 0 Å². The quantitative estimate of drug-likeness (QED) is 0.531. The zero-order valence-corrected chi connectivity index (χ0v) is 12.1. The number of rotatable bonds is 8. The van der Waals surface area contributed by atoms with Crippen LogP contribution in [-0.4, -0.2) is 58.1 Å². The summed E-state index contributed by atoms with van der Waals surface area (Å²) in [6, 6.07) is -0.373. The summed E-state index contributed by atoms with van der Waals surface area (Å²) in [5.74, 6) is -0.234. The lowest BCUT2D eigenvalue weighted by atomic mass is 10.4. The van der Waals surface area contributed by atoms with Gasteiger partial charge in [-0.15, -0.1) is 5.10 Å². The molecule has 1 N–H and O–H groups in total. The number of urea groups is 1. The van der Waals surface area contributed by atoms with Gasteiger partial charge in [-0.2, -0.15) is 0 Å². The van der Waals surface area contributed by atoms with Crippen LogP contribution in [-0.2, 0) is 20.8 Å². The van der Waals surface area contributed by atoms with Crippen molar-refractivity contribution in [1.29, 1.82) is 0 Å². The lowest BCUT2D eigenvalue weighted by Crippen LogP contribution is -2.33. The van der Waals surface area contributed by atoms with Crippen molar-refractivity contribution in [1.82, 2.24) is 25.2 Å². The Hall–Kier alpha value is -2.00. The monoisotopic (exact) mass is 297 g/mol. The van der Waals surface area contributed by atoms with E-state index in [9.17, 15) is 9.59 Å². The van der Waals surface area contributed by atoms with Gasteiger partial charge in [-0.3, -0.25) is 14.4 Å². The number of amides is 3. The van der Waals surface area contributed by atoms with Crippen molar-refractivity contribution in [3.8, 4) is 0 Å². The lowest BCUT2D eigenvalue weighted by molar-refractivity contribution is -0.142. The fraction of sp³-hybridized carbons (Fsp3) is 0.667. The Morgan fingerprint density at radius 3 is 2.57 bits per heavy atom. The molecule has 1 aromatic heterocycles. The molecule has 0 spiro atoms. The zero-order chi connectivity index (χ0) is 15.2. The van der Waals surface area contributed by atoms with Gasteiger partial charge in [0, 0.05) is 13.2 Å². The molecule has 3 amide bonds. The molecule has 1 aromatic rings. The van der Waals surface area contributed by atoms with Gasteiger partial charge < -0.3 is 14.8 Å². The van der Waals surface area contributed by atoms with E-state index in [0.29, 0.717) is 25.5 Å². The van der Waals surface area contributed by atoms with Crippen molar-refractivity contribution in [2.75, 3.05) is 26.3 Å². The summed E-state index contributed by atoms with van der Waals surface area (Å²) in [6.07, 6.45) is 1.14. The molecule has 0 radical (unpaired) electrons. The second-order valence-corrected chi connectivity index (χ2v) is 4.35. The first kappa shape index (κ1) is 15.4. The standard InChI is InChI=1S/C12H19N5O4/c1-3-20-11(21-4-2)9-8-16(15-14-9)5-6-17-10(18)7-13-12(17)19/h8,11H,3-7H2,1-2H3,(H,13,19). The first-order valence-electron chi connectivity index (χ1n) is 6.87. The molecule has 9 heteroatoms. The summed E-state index contributed by atoms with van der Waals surface area (Å²) in [4.78, 5) is 24.0. The number of nitrogens with one attached hydrogen (secondary N) is 1. The normalized spacial score (nSPS) is 15.1. The molecule has 1 saturated heterocycles. The van der Waals surface area contributed by atoms with Gasteiger partial charge in [0.05, 0.1) is 25.8 Å². The number of hydrogen-bond acceptors (Lipinski definition) is 6. The van der Waals surface area contributed by atoms with Crippen LogP contribution in [0.4, 0.5) is 4.79 Å². The summed E-state index contributed by atoms with van der Waals surface area (Å²) in [5.41, 5.74) is 0.566. The molecule has 2 heterocycles. The Labute approximate surface area is 122 Å². The van der Waals surface area contributed by atoms with Crippen LogP contribution in [0, 0.1) is 0 Å². The molecule has 2 rings (SSSR count). The molecule has 0 unspecified atom stereocenters. The maximum absolute atomic E-state index is 11.4. The summed E-state index contributed by atoms with van der Waals surface area (Å²) in [5, 5.41) is 10.4. The number of carbonyl (C=O) groups is 2. The number of aromatic nitrogens is 3. The van der Waals surface area contributed by atoms with Crippen molar-refractivity contribution < 1.29 is 19.1 Å². The molecule has 1 aliphatic heterocycles. The molecule has 0 aliphatic carbocycles. The van der Waals surface area contributed by atoms with E-state index >= 15 is 0 Å². The molecule has 1 fully saturated rings. The van der Waals surface area contributed by atoms with Crippen LogP contribution in [0.1, 0.15) is 25.8 Å². The number of hydrogen-bond donors (Lipinski definition) is 1. The fourth-order valence-electron chi connectivity index (χ4n) is 1.94.